The van der Waals surface area contributed by atoms with Crippen LogP contribution in [0.15, 0.2) is 24.3 Å². The van der Waals surface area contributed by atoms with Crippen molar-refractivity contribution in [1.82, 2.24) is 5.06 Å². The SMILES string of the molecule is Cc1ccc(NC(C)(C)C(=O)N2CC(O)CO2)cc1. The first-order valence-corrected chi connectivity index (χ1v) is 6.36. The lowest BCUT2D eigenvalue weighted by atomic mass is 10.0. The normalized spacial score (nSPS) is 19.6. The number of nitrogens with zero attached hydrogens (tertiary/aromatic N) is 1. The number of carbonyl (C=O) groups excluding carboxylic acids is 1. The number of hydrogen-bond acceptors (Lipinski definition) is 4. The largest absolute Gasteiger partial charge is 0.389 e. The molecule has 2 rings (SSSR count). The van der Waals surface area contributed by atoms with Crippen LogP contribution in [0.2, 0.25) is 0 Å². The van der Waals surface area contributed by atoms with Gasteiger partial charge in [-0.1, -0.05) is 17.7 Å². The fourth-order valence-corrected chi connectivity index (χ4v) is 1.98. The van der Waals surface area contributed by atoms with Crippen molar-refractivity contribution in [3.05, 3.63) is 29.8 Å². The van der Waals surface area contributed by atoms with Crippen molar-refractivity contribution in [2.24, 2.45) is 0 Å². The molecule has 5 nitrogen and oxygen atoms in total. The topological polar surface area (TPSA) is 61.8 Å². The zero-order valence-electron chi connectivity index (χ0n) is 11.5. The van der Waals surface area contributed by atoms with Gasteiger partial charge in [-0.15, -0.1) is 0 Å². The minimum atomic E-state index is -0.792. The van der Waals surface area contributed by atoms with Gasteiger partial charge in [0.25, 0.3) is 5.91 Å². The molecule has 2 N–H and O–H groups in total. The second kappa shape index (κ2) is 5.19. The Balaban J connectivity index is 2.05. The van der Waals surface area contributed by atoms with Gasteiger partial charge < -0.3 is 10.4 Å². The third-order valence-electron chi connectivity index (χ3n) is 3.07. The number of rotatable bonds is 3. The zero-order valence-corrected chi connectivity index (χ0v) is 11.5. The molecule has 5 heteroatoms. The summed E-state index contributed by atoms with van der Waals surface area (Å²) in [4.78, 5) is 17.5. The van der Waals surface area contributed by atoms with Crippen molar-refractivity contribution in [1.29, 1.82) is 0 Å². The lowest BCUT2D eigenvalue weighted by molar-refractivity contribution is -0.172. The van der Waals surface area contributed by atoms with E-state index >= 15 is 0 Å². The minimum Gasteiger partial charge on any atom is -0.389 e. The predicted octanol–water partition coefficient (Wildman–Crippen LogP) is 1.32. The number of nitrogens with one attached hydrogen (secondary N) is 1. The lowest BCUT2D eigenvalue weighted by Gasteiger charge is -2.29. The van der Waals surface area contributed by atoms with Crippen LogP contribution in [0.5, 0.6) is 0 Å². The molecule has 1 atom stereocenters. The van der Waals surface area contributed by atoms with Crippen molar-refractivity contribution in [2.75, 3.05) is 18.5 Å². The third-order valence-corrected chi connectivity index (χ3v) is 3.07. The van der Waals surface area contributed by atoms with E-state index in [1.807, 2.05) is 31.2 Å². The van der Waals surface area contributed by atoms with E-state index in [0.717, 1.165) is 5.69 Å². The average Bonchev–Trinajstić information content (AvgIpc) is 2.77. The highest BCUT2D eigenvalue weighted by atomic mass is 16.7. The molecular weight excluding hydrogens is 244 g/mol. The van der Waals surface area contributed by atoms with E-state index < -0.39 is 11.6 Å². The maximum absolute atomic E-state index is 12.3. The van der Waals surface area contributed by atoms with Crippen LogP contribution >= 0.6 is 0 Å². The number of β-amino-alcohol motifs (C(OH)–C–C–N with tert-alkyl or cyclic N) is 1. The quantitative estimate of drug-likeness (QED) is 0.864. The summed E-state index contributed by atoms with van der Waals surface area (Å²) in [6, 6.07) is 7.84. The van der Waals surface area contributed by atoms with Crippen LogP contribution in [-0.4, -0.2) is 40.9 Å². The van der Waals surface area contributed by atoms with Gasteiger partial charge in [-0.05, 0) is 32.9 Å². The number of carbonyl (C=O) groups is 1. The standard InChI is InChI=1S/C14H20N2O3/c1-10-4-6-11(7-5-10)15-14(2,3)13(18)16-8-12(17)9-19-16/h4-7,12,15,17H,8-9H2,1-3H3. The highest BCUT2D eigenvalue weighted by Crippen LogP contribution is 2.20. The lowest BCUT2D eigenvalue weighted by Crippen LogP contribution is -2.49. The maximum atomic E-state index is 12.3. The molecule has 0 spiro atoms. The fourth-order valence-electron chi connectivity index (χ4n) is 1.98. The summed E-state index contributed by atoms with van der Waals surface area (Å²) in [7, 11) is 0. The van der Waals surface area contributed by atoms with E-state index in [9.17, 15) is 9.90 Å². The van der Waals surface area contributed by atoms with Crippen LogP contribution in [0.4, 0.5) is 5.69 Å². The Morgan fingerprint density at radius 1 is 1.42 bits per heavy atom. The van der Waals surface area contributed by atoms with Gasteiger partial charge in [-0.25, -0.2) is 5.06 Å². The van der Waals surface area contributed by atoms with Gasteiger partial charge >= 0.3 is 0 Å². The summed E-state index contributed by atoms with van der Waals surface area (Å²) >= 11 is 0. The maximum Gasteiger partial charge on any atom is 0.271 e. The molecule has 0 aromatic heterocycles. The molecule has 1 aliphatic rings. The summed E-state index contributed by atoms with van der Waals surface area (Å²) in [6.07, 6.45) is -0.598. The predicted molar refractivity (Wildman–Crippen MR) is 72.6 cm³/mol. The molecule has 1 heterocycles. The Morgan fingerprint density at radius 3 is 2.58 bits per heavy atom. The van der Waals surface area contributed by atoms with Crippen molar-refractivity contribution in [3.8, 4) is 0 Å². The summed E-state index contributed by atoms with van der Waals surface area (Å²) < 4.78 is 0. The first-order chi connectivity index (χ1) is 8.88. The molecule has 1 amide bonds. The van der Waals surface area contributed by atoms with E-state index in [-0.39, 0.29) is 19.1 Å². The Labute approximate surface area is 113 Å². The van der Waals surface area contributed by atoms with Crippen LogP contribution in [0.3, 0.4) is 0 Å². The van der Waals surface area contributed by atoms with Crippen molar-refractivity contribution in [2.45, 2.75) is 32.4 Å². The number of benzene rings is 1. The van der Waals surface area contributed by atoms with Gasteiger partial charge in [-0.2, -0.15) is 0 Å². The monoisotopic (exact) mass is 264 g/mol. The van der Waals surface area contributed by atoms with E-state index in [2.05, 4.69) is 5.32 Å². The first kappa shape index (κ1) is 13.8. The third kappa shape index (κ3) is 3.24. The van der Waals surface area contributed by atoms with Crippen LogP contribution in [0, 0.1) is 6.92 Å². The molecule has 1 fully saturated rings. The molecule has 104 valence electrons. The van der Waals surface area contributed by atoms with E-state index in [1.165, 1.54) is 10.6 Å². The molecular formula is C14H20N2O3. The zero-order chi connectivity index (χ0) is 14.0. The first-order valence-electron chi connectivity index (χ1n) is 6.36. The number of hydrogen-bond donors (Lipinski definition) is 2. The second-order valence-electron chi connectivity index (χ2n) is 5.43. The van der Waals surface area contributed by atoms with Gasteiger partial charge in [0.2, 0.25) is 0 Å². The molecule has 19 heavy (non-hydrogen) atoms. The van der Waals surface area contributed by atoms with E-state index in [1.54, 1.807) is 13.8 Å². The summed E-state index contributed by atoms with van der Waals surface area (Å²) in [5.74, 6) is -0.190. The molecule has 0 radical (unpaired) electrons. The molecule has 1 aromatic rings. The molecule has 0 bridgehead atoms. The molecule has 0 saturated carbocycles. The second-order valence-corrected chi connectivity index (χ2v) is 5.43. The number of aliphatic hydroxyl groups is 1. The summed E-state index contributed by atoms with van der Waals surface area (Å²) in [6.45, 7) is 6.00. The molecule has 0 aliphatic carbocycles. The van der Waals surface area contributed by atoms with Crippen molar-refractivity contribution >= 4 is 11.6 Å². The molecule has 1 saturated heterocycles. The van der Waals surface area contributed by atoms with Gasteiger partial charge in [0.15, 0.2) is 0 Å². The van der Waals surface area contributed by atoms with E-state index in [4.69, 9.17) is 4.84 Å². The number of hydroxylamine groups is 2. The number of aliphatic hydroxyl groups excluding tert-OH is 1. The number of amides is 1. The average molecular weight is 264 g/mol. The summed E-state index contributed by atoms with van der Waals surface area (Å²) in [5.41, 5.74) is 1.25. The minimum absolute atomic E-state index is 0.173. The molecule has 1 aromatic carbocycles. The Hall–Kier alpha value is -1.59. The Morgan fingerprint density at radius 2 is 2.05 bits per heavy atom. The number of anilines is 1. The summed E-state index contributed by atoms with van der Waals surface area (Å²) in [5, 5.41) is 13.8. The Kier molecular flexibility index (Phi) is 3.78. The fraction of sp³-hybridized carbons (Fsp3) is 0.500. The van der Waals surface area contributed by atoms with Crippen LogP contribution in [-0.2, 0) is 9.63 Å². The Bertz CT molecular complexity index is 456. The van der Waals surface area contributed by atoms with Gasteiger partial charge in [-0.3, -0.25) is 9.63 Å². The van der Waals surface area contributed by atoms with Gasteiger partial charge in [0, 0.05) is 5.69 Å². The molecule has 1 unspecified atom stereocenters. The highest BCUT2D eigenvalue weighted by Gasteiger charge is 2.36. The molecule has 1 aliphatic heterocycles. The van der Waals surface area contributed by atoms with Crippen LogP contribution in [0.1, 0.15) is 19.4 Å². The smallest absolute Gasteiger partial charge is 0.271 e. The highest BCUT2D eigenvalue weighted by molar-refractivity contribution is 5.88. The van der Waals surface area contributed by atoms with Gasteiger partial charge in [0.1, 0.15) is 18.2 Å². The van der Waals surface area contributed by atoms with Crippen LogP contribution < -0.4 is 5.32 Å². The van der Waals surface area contributed by atoms with Crippen LogP contribution in [0.25, 0.3) is 0 Å². The number of aryl methyl sites for hydroxylation is 1. The van der Waals surface area contributed by atoms with E-state index in [0.29, 0.717) is 0 Å². The van der Waals surface area contributed by atoms with Crippen molar-refractivity contribution in [3.63, 3.8) is 0 Å². The van der Waals surface area contributed by atoms with Gasteiger partial charge in [0.05, 0.1) is 6.54 Å². The van der Waals surface area contributed by atoms with Crippen molar-refractivity contribution < 1.29 is 14.7 Å².